The zero-order chi connectivity index (χ0) is 17.2. The number of hydrogen-bond donors (Lipinski definition) is 2. The number of phenolic OH excluding ortho intramolecular Hbond substituents is 1. The average Bonchev–Trinajstić information content (AvgIpc) is 2.45. The number of nitro groups is 1. The van der Waals surface area contributed by atoms with Crippen molar-refractivity contribution in [3.05, 3.63) is 33.9 Å². The summed E-state index contributed by atoms with van der Waals surface area (Å²) in [6, 6.07) is 3.27. The van der Waals surface area contributed by atoms with Gasteiger partial charge < -0.3 is 15.2 Å². The van der Waals surface area contributed by atoms with Gasteiger partial charge in [0.05, 0.1) is 11.0 Å². The first kappa shape index (κ1) is 17.0. The number of rotatable bonds is 2. The molecular weight excluding hydrogens is 302 g/mol. The fourth-order valence-corrected chi connectivity index (χ4v) is 2.44. The molecule has 1 aromatic rings. The molecule has 1 amide bonds. The number of nitrogens with one attached hydrogen (secondary N) is 1. The summed E-state index contributed by atoms with van der Waals surface area (Å²) in [7, 11) is 0. The standard InChI is InChI=1S/C15H21N3O5/c1-15(2,3)23-14(20)17-7-6-16-9-12(17)11-8-10(18(21)22)4-5-13(11)19/h4-5,8,12,16,19H,6-7,9H2,1-3H3. The van der Waals surface area contributed by atoms with Gasteiger partial charge >= 0.3 is 6.09 Å². The molecule has 1 aliphatic rings. The van der Waals surface area contributed by atoms with Crippen LogP contribution in [0.15, 0.2) is 18.2 Å². The molecule has 0 aromatic heterocycles. The third-order valence-corrected chi connectivity index (χ3v) is 3.45. The average molecular weight is 323 g/mol. The molecule has 0 spiro atoms. The third-order valence-electron chi connectivity index (χ3n) is 3.45. The highest BCUT2D eigenvalue weighted by Gasteiger charge is 2.33. The van der Waals surface area contributed by atoms with Gasteiger partial charge in [0.25, 0.3) is 5.69 Å². The normalized spacial score (nSPS) is 18.6. The zero-order valence-electron chi connectivity index (χ0n) is 13.4. The number of non-ortho nitro benzene ring substituents is 1. The monoisotopic (exact) mass is 323 g/mol. The SMILES string of the molecule is CC(C)(C)OC(=O)N1CCNCC1c1cc([N+](=O)[O-])ccc1O. The minimum absolute atomic E-state index is 0.0853. The van der Waals surface area contributed by atoms with Crippen LogP contribution in [-0.2, 0) is 4.74 Å². The van der Waals surface area contributed by atoms with Crippen LogP contribution in [0, 0.1) is 10.1 Å². The highest BCUT2D eigenvalue weighted by Crippen LogP contribution is 2.33. The van der Waals surface area contributed by atoms with Crippen molar-refractivity contribution in [3.63, 3.8) is 0 Å². The van der Waals surface area contributed by atoms with Crippen LogP contribution in [0.5, 0.6) is 5.75 Å². The van der Waals surface area contributed by atoms with E-state index in [2.05, 4.69) is 5.32 Å². The van der Waals surface area contributed by atoms with Gasteiger partial charge in [-0.1, -0.05) is 0 Å². The molecule has 1 fully saturated rings. The molecule has 0 bridgehead atoms. The summed E-state index contributed by atoms with van der Waals surface area (Å²) in [6.45, 7) is 6.67. The summed E-state index contributed by atoms with van der Waals surface area (Å²) >= 11 is 0. The molecule has 1 unspecified atom stereocenters. The maximum Gasteiger partial charge on any atom is 0.410 e. The fourth-order valence-electron chi connectivity index (χ4n) is 2.44. The number of nitrogens with zero attached hydrogens (tertiary/aromatic N) is 2. The van der Waals surface area contributed by atoms with E-state index in [4.69, 9.17) is 4.74 Å². The van der Waals surface area contributed by atoms with Crippen LogP contribution < -0.4 is 5.32 Å². The van der Waals surface area contributed by atoms with Crippen LogP contribution in [-0.4, -0.2) is 46.3 Å². The number of hydrogen-bond acceptors (Lipinski definition) is 6. The molecule has 0 saturated carbocycles. The molecule has 1 saturated heterocycles. The lowest BCUT2D eigenvalue weighted by Gasteiger charge is -2.37. The van der Waals surface area contributed by atoms with Crippen molar-refractivity contribution in [2.75, 3.05) is 19.6 Å². The van der Waals surface area contributed by atoms with E-state index in [0.29, 0.717) is 25.2 Å². The van der Waals surface area contributed by atoms with Gasteiger partial charge in [0.15, 0.2) is 0 Å². The highest BCUT2D eigenvalue weighted by atomic mass is 16.6. The minimum atomic E-state index is -0.642. The first-order valence-electron chi connectivity index (χ1n) is 7.36. The number of carbonyl (C=O) groups excluding carboxylic acids is 1. The molecule has 1 aromatic carbocycles. The van der Waals surface area contributed by atoms with Crippen LogP contribution in [0.1, 0.15) is 32.4 Å². The topological polar surface area (TPSA) is 105 Å². The van der Waals surface area contributed by atoms with Crippen LogP contribution in [0.2, 0.25) is 0 Å². The van der Waals surface area contributed by atoms with E-state index in [0.717, 1.165) is 0 Å². The number of piperazine rings is 1. The van der Waals surface area contributed by atoms with Crippen molar-refractivity contribution in [1.82, 2.24) is 10.2 Å². The molecule has 126 valence electrons. The maximum absolute atomic E-state index is 12.4. The Labute approximate surface area is 134 Å². The quantitative estimate of drug-likeness (QED) is 0.638. The van der Waals surface area contributed by atoms with Crippen LogP contribution in [0.3, 0.4) is 0 Å². The molecule has 2 N–H and O–H groups in total. The first-order valence-corrected chi connectivity index (χ1v) is 7.36. The van der Waals surface area contributed by atoms with Crippen LogP contribution in [0.25, 0.3) is 0 Å². The molecule has 1 atom stereocenters. The Morgan fingerprint density at radius 2 is 2.17 bits per heavy atom. The number of carbonyl (C=O) groups is 1. The number of aromatic hydroxyl groups is 1. The predicted molar refractivity (Wildman–Crippen MR) is 83.3 cm³/mol. The number of amides is 1. The van der Waals surface area contributed by atoms with E-state index >= 15 is 0 Å². The minimum Gasteiger partial charge on any atom is -0.508 e. The van der Waals surface area contributed by atoms with Gasteiger partial charge in [0.2, 0.25) is 0 Å². The Morgan fingerprint density at radius 3 is 2.78 bits per heavy atom. The Morgan fingerprint density at radius 1 is 1.48 bits per heavy atom. The van der Waals surface area contributed by atoms with Crippen molar-refractivity contribution >= 4 is 11.8 Å². The summed E-state index contributed by atoms with van der Waals surface area (Å²) in [5, 5.41) is 24.2. The predicted octanol–water partition coefficient (Wildman–Crippen LogP) is 2.18. The van der Waals surface area contributed by atoms with Crippen molar-refractivity contribution in [3.8, 4) is 5.75 Å². The molecule has 1 aliphatic heterocycles. The second kappa shape index (κ2) is 6.41. The summed E-state index contributed by atoms with van der Waals surface area (Å²) in [6.07, 6.45) is -0.505. The third kappa shape index (κ3) is 4.10. The van der Waals surface area contributed by atoms with Gasteiger partial charge in [0, 0.05) is 37.3 Å². The van der Waals surface area contributed by atoms with Gasteiger partial charge in [0.1, 0.15) is 11.4 Å². The van der Waals surface area contributed by atoms with E-state index in [9.17, 15) is 20.0 Å². The fraction of sp³-hybridized carbons (Fsp3) is 0.533. The van der Waals surface area contributed by atoms with Crippen LogP contribution in [0.4, 0.5) is 10.5 Å². The van der Waals surface area contributed by atoms with E-state index in [-0.39, 0.29) is 11.4 Å². The van der Waals surface area contributed by atoms with E-state index in [1.807, 2.05) is 0 Å². The zero-order valence-corrected chi connectivity index (χ0v) is 13.4. The van der Waals surface area contributed by atoms with E-state index in [1.165, 1.54) is 23.1 Å². The Bertz CT molecular complexity index is 612. The second-order valence-corrected chi connectivity index (χ2v) is 6.39. The van der Waals surface area contributed by atoms with Gasteiger partial charge in [-0.15, -0.1) is 0 Å². The van der Waals surface area contributed by atoms with E-state index in [1.54, 1.807) is 20.8 Å². The molecule has 23 heavy (non-hydrogen) atoms. The number of nitro benzene ring substituents is 1. The molecule has 1 heterocycles. The Balaban J connectivity index is 2.33. The van der Waals surface area contributed by atoms with Crippen molar-refractivity contribution in [1.29, 1.82) is 0 Å². The number of phenols is 1. The maximum atomic E-state index is 12.4. The van der Waals surface area contributed by atoms with Gasteiger partial charge in [-0.2, -0.15) is 0 Å². The molecule has 2 rings (SSSR count). The molecule has 8 nitrogen and oxygen atoms in total. The van der Waals surface area contributed by atoms with Crippen molar-refractivity contribution in [2.45, 2.75) is 32.4 Å². The first-order chi connectivity index (χ1) is 10.7. The van der Waals surface area contributed by atoms with Crippen molar-refractivity contribution in [2.24, 2.45) is 0 Å². The van der Waals surface area contributed by atoms with E-state index < -0.39 is 22.7 Å². The Kier molecular flexibility index (Phi) is 4.74. The van der Waals surface area contributed by atoms with Crippen LogP contribution >= 0.6 is 0 Å². The summed E-state index contributed by atoms with van der Waals surface area (Å²) in [5.41, 5.74) is -0.443. The summed E-state index contributed by atoms with van der Waals surface area (Å²) in [5.74, 6) is -0.0853. The Hall–Kier alpha value is -2.35. The smallest absolute Gasteiger partial charge is 0.410 e. The lowest BCUT2D eigenvalue weighted by atomic mass is 10.0. The molecular formula is C15H21N3O5. The van der Waals surface area contributed by atoms with Gasteiger partial charge in [-0.25, -0.2) is 4.79 Å². The lowest BCUT2D eigenvalue weighted by Crippen LogP contribution is -2.50. The molecule has 0 radical (unpaired) electrons. The van der Waals surface area contributed by atoms with Crippen molar-refractivity contribution < 1.29 is 19.6 Å². The highest BCUT2D eigenvalue weighted by molar-refractivity contribution is 5.69. The summed E-state index contributed by atoms with van der Waals surface area (Å²) in [4.78, 5) is 24.3. The molecule has 8 heteroatoms. The van der Waals surface area contributed by atoms with Gasteiger partial charge in [-0.05, 0) is 26.8 Å². The lowest BCUT2D eigenvalue weighted by molar-refractivity contribution is -0.385. The second-order valence-electron chi connectivity index (χ2n) is 6.39. The number of benzene rings is 1. The number of ether oxygens (including phenoxy) is 1. The summed E-state index contributed by atoms with van der Waals surface area (Å²) < 4.78 is 5.39. The largest absolute Gasteiger partial charge is 0.508 e. The molecule has 0 aliphatic carbocycles. The van der Waals surface area contributed by atoms with Gasteiger partial charge in [-0.3, -0.25) is 15.0 Å².